The van der Waals surface area contributed by atoms with Gasteiger partial charge in [0.05, 0.1) is 33.2 Å². The molecule has 0 saturated carbocycles. The predicted molar refractivity (Wildman–Crippen MR) is 110 cm³/mol. The van der Waals surface area contributed by atoms with Crippen LogP contribution in [0.25, 0.3) is 0 Å². The largest absolute Gasteiger partial charge is 0.478 e. The summed E-state index contributed by atoms with van der Waals surface area (Å²) in [5.41, 5.74) is -2.09. The van der Waals surface area contributed by atoms with Gasteiger partial charge < -0.3 is 14.6 Å². The van der Waals surface area contributed by atoms with Crippen LogP contribution in [0.3, 0.4) is 0 Å². The Bertz CT molecular complexity index is 1040. The third kappa shape index (κ3) is 7.56. The smallest absolute Gasteiger partial charge is 0.426 e. The van der Waals surface area contributed by atoms with Gasteiger partial charge in [0.2, 0.25) is 6.10 Å². The van der Waals surface area contributed by atoms with E-state index in [2.05, 4.69) is 4.74 Å². The van der Waals surface area contributed by atoms with Gasteiger partial charge in [-0.2, -0.15) is 21.6 Å². The molecule has 0 fully saturated rings. The third-order valence-corrected chi connectivity index (χ3v) is 4.89. The first-order valence-electron chi connectivity index (χ1n) is 8.79. The summed E-state index contributed by atoms with van der Waals surface area (Å²) in [4.78, 5) is 35.8. The maximum absolute atomic E-state index is 12.8. The average Bonchev–Trinajstić information content (AvgIpc) is 2.65. The van der Waals surface area contributed by atoms with Crippen molar-refractivity contribution >= 4 is 70.3 Å². The number of alkyl halides is 3. The van der Waals surface area contributed by atoms with Crippen LogP contribution in [0.5, 0.6) is 0 Å². The molecule has 1 aromatic rings. The molecule has 1 atom stereocenters. The average molecular weight is 482 g/mol. The number of rotatable bonds is 10. The highest BCUT2D eigenvalue weighted by Gasteiger charge is 2.45. The van der Waals surface area contributed by atoms with E-state index in [9.17, 15) is 41.1 Å². The van der Waals surface area contributed by atoms with Crippen molar-refractivity contribution in [1.82, 2.24) is 0 Å². The minimum Gasteiger partial charge on any atom is -0.478 e. The van der Waals surface area contributed by atoms with Crippen molar-refractivity contribution in [3.8, 4) is 0 Å². The highest BCUT2D eigenvalue weighted by atomic mass is 32.2. The third-order valence-electron chi connectivity index (χ3n) is 4.16. The zero-order valence-electron chi connectivity index (χ0n) is 16.7. The Balaban J connectivity index is 3.05. The highest BCUT2D eigenvalue weighted by molar-refractivity contribution is 7.85. The second kappa shape index (κ2) is 11.1. The fraction of sp³-hybridized carbons (Fsp3) is 0.438. The van der Waals surface area contributed by atoms with Crippen LogP contribution in [0.15, 0.2) is 0 Å². The van der Waals surface area contributed by atoms with E-state index in [0.717, 1.165) is 0 Å². The zero-order chi connectivity index (χ0) is 25.7. The second-order valence-electron chi connectivity index (χ2n) is 6.40. The number of aromatic carboxylic acids is 1. The van der Waals surface area contributed by atoms with Gasteiger partial charge in [0, 0.05) is 0 Å². The normalized spacial score (nSPS) is 12.7. The number of carbonyl (C=O) groups is 3. The minimum absolute atomic E-state index is 0.0185. The van der Waals surface area contributed by atoms with Gasteiger partial charge in [-0.25, -0.2) is 9.59 Å². The Hall–Kier alpha value is -2.41. The zero-order valence-corrected chi connectivity index (χ0v) is 17.5. The van der Waals surface area contributed by atoms with E-state index in [4.69, 9.17) is 40.7 Å². The van der Waals surface area contributed by atoms with Crippen LogP contribution >= 0.6 is 0 Å². The molecule has 0 heterocycles. The Morgan fingerprint density at radius 1 is 1.00 bits per heavy atom. The van der Waals surface area contributed by atoms with Crippen molar-refractivity contribution in [1.29, 1.82) is 0 Å². The Morgan fingerprint density at radius 3 is 1.97 bits per heavy atom. The molecule has 0 aliphatic heterocycles. The lowest BCUT2D eigenvalue weighted by Gasteiger charge is -2.21. The van der Waals surface area contributed by atoms with Gasteiger partial charge in [-0.05, 0) is 5.56 Å². The van der Waals surface area contributed by atoms with Crippen LogP contribution in [0.2, 0.25) is 0 Å². The number of carboxylic acids is 1. The number of carboxylic acid groups (broad SMARTS) is 1. The number of ether oxygens (including phenoxy) is 2. The van der Waals surface area contributed by atoms with Crippen molar-refractivity contribution in [2.24, 2.45) is 0 Å². The van der Waals surface area contributed by atoms with Crippen LogP contribution < -0.4 is 10.9 Å². The van der Waals surface area contributed by atoms with Crippen LogP contribution in [0.1, 0.15) is 38.3 Å². The topological polar surface area (TPSA) is 144 Å². The van der Waals surface area contributed by atoms with E-state index in [1.807, 2.05) is 0 Å². The monoisotopic (exact) mass is 482 g/mol. The molecule has 0 aliphatic carbocycles. The van der Waals surface area contributed by atoms with Crippen molar-refractivity contribution in [3.05, 3.63) is 22.3 Å². The summed E-state index contributed by atoms with van der Waals surface area (Å²) >= 11 is 0. The summed E-state index contributed by atoms with van der Waals surface area (Å²) in [5, 5.41) is 9.45. The summed E-state index contributed by atoms with van der Waals surface area (Å²) in [6.45, 7) is -0.893. The number of halogens is 3. The molecule has 8 radical (unpaired) electrons. The maximum Gasteiger partial charge on any atom is 0.426 e. The molecule has 1 unspecified atom stereocenters. The minimum atomic E-state index is -5.31. The van der Waals surface area contributed by atoms with Gasteiger partial charge in [-0.15, -0.1) is 0 Å². The van der Waals surface area contributed by atoms with Crippen LogP contribution in [0, 0.1) is 0 Å². The molecule has 170 valence electrons. The molecule has 0 aromatic heterocycles. The Kier molecular flexibility index (Phi) is 9.66. The molecule has 0 spiro atoms. The molecular weight excluding hydrogens is 468 g/mol. The van der Waals surface area contributed by atoms with Gasteiger partial charge >= 0.3 is 24.1 Å². The molecule has 33 heavy (non-hydrogen) atoms. The first-order chi connectivity index (χ1) is 15.0. The summed E-state index contributed by atoms with van der Waals surface area (Å²) < 4.78 is 77.0. The van der Waals surface area contributed by atoms with E-state index in [0.29, 0.717) is 0 Å². The van der Waals surface area contributed by atoms with Gasteiger partial charge in [-0.1, -0.05) is 29.1 Å². The summed E-state index contributed by atoms with van der Waals surface area (Å²) in [7, 11) is 17.5. The lowest BCUT2D eigenvalue weighted by Crippen LogP contribution is -2.39. The Labute approximate surface area is 191 Å². The summed E-state index contributed by atoms with van der Waals surface area (Å²) in [6, 6.07) is 0. The fourth-order valence-corrected chi connectivity index (χ4v) is 3.32. The highest BCUT2D eigenvalue weighted by Crippen LogP contribution is 2.24. The van der Waals surface area contributed by atoms with E-state index in [-0.39, 0.29) is 22.9 Å². The van der Waals surface area contributed by atoms with Crippen molar-refractivity contribution < 1.29 is 55.1 Å². The molecule has 0 saturated heterocycles. The number of hydrogen-bond acceptors (Lipinski definition) is 7. The molecule has 17 heteroatoms. The number of hydrogen-bond donors (Lipinski definition) is 2. The van der Waals surface area contributed by atoms with E-state index < -0.39 is 82.0 Å². The van der Waals surface area contributed by atoms with Crippen molar-refractivity contribution in [2.75, 3.05) is 12.4 Å². The van der Waals surface area contributed by atoms with Crippen molar-refractivity contribution in [2.45, 2.75) is 31.3 Å². The van der Waals surface area contributed by atoms with Gasteiger partial charge in [0.15, 0.2) is 0 Å². The second-order valence-corrected chi connectivity index (χ2v) is 7.90. The summed E-state index contributed by atoms with van der Waals surface area (Å²) in [5.74, 6) is -6.56. The number of esters is 2. The first-order valence-corrected chi connectivity index (χ1v) is 10.4. The first kappa shape index (κ1) is 28.6. The molecule has 9 nitrogen and oxygen atoms in total. The summed E-state index contributed by atoms with van der Waals surface area (Å²) in [6.07, 6.45) is -10.2. The van der Waals surface area contributed by atoms with Crippen LogP contribution in [0.4, 0.5) is 13.2 Å². The molecule has 2 N–H and O–H groups in total. The van der Waals surface area contributed by atoms with E-state index >= 15 is 0 Å². The SMILES string of the molecule is [B]Cc1c([B])c(C[B])c(C(=O)OCCC(=O)OC(CS(=O)(=O)O)C(F)(F)F)c(C(=O)O)c1[B]. The number of benzene rings is 1. The van der Waals surface area contributed by atoms with Gasteiger partial charge in [0.1, 0.15) is 28.1 Å². The van der Waals surface area contributed by atoms with E-state index in [1.165, 1.54) is 0 Å². The fourth-order valence-electron chi connectivity index (χ4n) is 2.68. The van der Waals surface area contributed by atoms with E-state index in [1.54, 1.807) is 0 Å². The molecule has 1 rings (SSSR count). The Morgan fingerprint density at radius 2 is 1.55 bits per heavy atom. The van der Waals surface area contributed by atoms with Crippen LogP contribution in [-0.4, -0.2) is 92.0 Å². The predicted octanol–water partition coefficient (Wildman–Crippen LogP) is -1.78. The van der Waals surface area contributed by atoms with Gasteiger partial charge in [0.25, 0.3) is 10.1 Å². The molecule has 1 aromatic carbocycles. The maximum atomic E-state index is 12.8. The molecule has 0 aliphatic rings. The standard InChI is InChI=1S/C16H13B4F3O9S/c17-3-6-10(11(14(25)26)13(20)7(4-18)12(6)19)15(27)31-2-1-9(24)32-8(16(21,22)23)5-33(28,29)30/h8H,1-5H2,(H,25,26)(H,28,29,30). The quantitative estimate of drug-likeness (QED) is 0.225. The lowest BCUT2D eigenvalue weighted by molar-refractivity contribution is -0.215. The lowest BCUT2D eigenvalue weighted by atomic mass is 9.68. The molecular formula is C16H13B4F3O9S. The van der Waals surface area contributed by atoms with Crippen molar-refractivity contribution in [3.63, 3.8) is 0 Å². The molecule has 0 bridgehead atoms. The number of carbonyl (C=O) groups excluding carboxylic acids is 2. The van der Waals surface area contributed by atoms with Crippen LogP contribution in [-0.2, 0) is 37.0 Å². The van der Waals surface area contributed by atoms with Gasteiger partial charge in [-0.3, -0.25) is 9.35 Å². The molecule has 0 amide bonds.